The minimum absolute atomic E-state index is 0.0435. The fourth-order valence-corrected chi connectivity index (χ4v) is 6.47. The van der Waals surface area contributed by atoms with Crippen LogP contribution in [0.2, 0.25) is 18.1 Å². The predicted molar refractivity (Wildman–Crippen MR) is 166 cm³/mol. The molecule has 1 aliphatic carbocycles. The number of hydrogen-bond donors (Lipinski definition) is 1. The van der Waals surface area contributed by atoms with Gasteiger partial charge in [-0.15, -0.1) is 0 Å². The van der Waals surface area contributed by atoms with Crippen molar-refractivity contribution in [1.29, 1.82) is 0 Å². The molecule has 2 atom stereocenters. The second kappa shape index (κ2) is 12.7. The summed E-state index contributed by atoms with van der Waals surface area (Å²) in [6.07, 6.45) is -0.600. The minimum atomic E-state index is -2.42. The van der Waals surface area contributed by atoms with Gasteiger partial charge in [-0.25, -0.2) is 0 Å². The summed E-state index contributed by atoms with van der Waals surface area (Å²) in [5.74, 6) is 0.528. The predicted octanol–water partition coefficient (Wildman–Crippen LogP) is 6.90. The van der Waals surface area contributed by atoms with Crippen LogP contribution in [0.1, 0.15) is 70.7 Å². The molecule has 0 bridgehead atoms. The molecule has 9 nitrogen and oxygen atoms in total. The number of ether oxygens (including phenoxy) is 5. The summed E-state index contributed by atoms with van der Waals surface area (Å²) in [6, 6.07) is 9.29. The zero-order valence-corrected chi connectivity index (χ0v) is 27.5. The number of carbonyl (C=O) groups is 2. The SMILES string of the molecule is COCOc1c(C=O)c(C)cc2c(OC)c3c(c(O)c12)C(=O)[C@@H](O[Si](C)(C)C(C)(C)C)C[C@@H]3OCc1ccc(OC)cc1. The Balaban J connectivity index is 1.95. The van der Waals surface area contributed by atoms with Gasteiger partial charge in [-0.2, -0.15) is 0 Å². The van der Waals surface area contributed by atoms with Crippen molar-refractivity contribution in [3.05, 3.63) is 58.1 Å². The number of phenolic OH excluding ortho intramolecular Hbond substituents is 1. The summed E-state index contributed by atoms with van der Waals surface area (Å²) in [7, 11) is 2.16. The molecule has 3 aromatic carbocycles. The van der Waals surface area contributed by atoms with Gasteiger partial charge in [0, 0.05) is 24.5 Å². The van der Waals surface area contributed by atoms with Crippen LogP contribution in [0.15, 0.2) is 30.3 Å². The summed E-state index contributed by atoms with van der Waals surface area (Å²) in [6.45, 7) is 12.3. The van der Waals surface area contributed by atoms with E-state index < -0.39 is 20.5 Å². The van der Waals surface area contributed by atoms with Gasteiger partial charge >= 0.3 is 0 Å². The lowest BCUT2D eigenvalue weighted by molar-refractivity contribution is -0.000528. The van der Waals surface area contributed by atoms with Crippen LogP contribution in [-0.2, 0) is 20.5 Å². The molecule has 0 fully saturated rings. The molecule has 1 N–H and O–H groups in total. The average Bonchev–Trinajstić information content (AvgIpc) is 2.96. The maximum atomic E-state index is 14.3. The number of Topliss-reactive ketones (excluding diaryl/α,β-unsaturated/α-hetero) is 1. The number of benzene rings is 3. The van der Waals surface area contributed by atoms with Crippen molar-refractivity contribution in [3.8, 4) is 23.0 Å². The highest BCUT2D eigenvalue weighted by Gasteiger charge is 2.46. The van der Waals surface area contributed by atoms with Crippen LogP contribution in [0.4, 0.5) is 0 Å². The third-order valence-corrected chi connectivity index (χ3v) is 13.0. The first-order chi connectivity index (χ1) is 20.3. The van der Waals surface area contributed by atoms with E-state index in [1.165, 1.54) is 14.2 Å². The van der Waals surface area contributed by atoms with E-state index in [2.05, 4.69) is 33.9 Å². The molecule has 0 aliphatic heterocycles. The summed E-state index contributed by atoms with van der Waals surface area (Å²) in [4.78, 5) is 26.4. The monoisotopic (exact) mass is 610 g/mol. The van der Waals surface area contributed by atoms with Gasteiger partial charge in [0.15, 0.2) is 27.2 Å². The Morgan fingerprint density at radius 1 is 1.02 bits per heavy atom. The molecule has 10 heteroatoms. The molecule has 0 spiro atoms. The Hall–Kier alpha value is -3.44. The summed E-state index contributed by atoms with van der Waals surface area (Å²) < 4.78 is 35.3. The van der Waals surface area contributed by atoms with Crippen LogP contribution < -0.4 is 14.2 Å². The number of hydrogen-bond acceptors (Lipinski definition) is 9. The Morgan fingerprint density at radius 2 is 1.70 bits per heavy atom. The van der Waals surface area contributed by atoms with Crippen LogP contribution in [0.3, 0.4) is 0 Å². The van der Waals surface area contributed by atoms with Gasteiger partial charge < -0.3 is 33.2 Å². The van der Waals surface area contributed by atoms with E-state index in [9.17, 15) is 14.7 Å². The number of ketones is 1. The largest absolute Gasteiger partial charge is 0.506 e. The number of rotatable bonds is 11. The maximum Gasteiger partial charge on any atom is 0.194 e. The van der Waals surface area contributed by atoms with Crippen LogP contribution in [0.25, 0.3) is 10.8 Å². The van der Waals surface area contributed by atoms with E-state index in [1.54, 1.807) is 20.1 Å². The van der Waals surface area contributed by atoms with Gasteiger partial charge in [0.2, 0.25) is 0 Å². The number of aldehydes is 1. The van der Waals surface area contributed by atoms with Crippen molar-refractivity contribution < 1.29 is 42.8 Å². The lowest BCUT2D eigenvalue weighted by atomic mass is 9.82. The Labute approximate surface area is 254 Å². The Bertz CT molecular complexity index is 1510. The summed E-state index contributed by atoms with van der Waals surface area (Å²) in [5, 5.41) is 12.4. The Morgan fingerprint density at radius 3 is 2.26 bits per heavy atom. The van der Waals surface area contributed by atoms with E-state index in [4.69, 9.17) is 28.1 Å². The number of carbonyl (C=O) groups excluding carboxylic acids is 2. The second-order valence-electron chi connectivity index (χ2n) is 12.3. The average molecular weight is 611 g/mol. The molecule has 4 rings (SSSR count). The molecule has 0 aromatic heterocycles. The molecular formula is C33H42O9Si. The number of aromatic hydroxyl groups is 1. The first kappa shape index (κ1) is 32.5. The number of phenols is 1. The molecule has 1 aliphatic rings. The van der Waals surface area contributed by atoms with E-state index in [0.29, 0.717) is 28.5 Å². The standard InChI is InChI=1S/C33H42O9Si/c1-19-14-22-26(32(23(19)16-34)41-18-37-5)30(36)28-27(31(22)39-7)24(40-17-20-10-12-21(38-6)13-11-20)15-25(29(28)35)42-43(8,9)33(2,3)4/h10-14,16,24-25,36H,15,17-18H2,1-9H3/t24-,25-/m0/s1. The zero-order chi connectivity index (χ0) is 31.7. The van der Waals surface area contributed by atoms with Gasteiger partial charge in [-0.3, -0.25) is 9.59 Å². The van der Waals surface area contributed by atoms with Crippen molar-refractivity contribution in [2.24, 2.45) is 0 Å². The molecule has 232 valence electrons. The molecule has 43 heavy (non-hydrogen) atoms. The highest BCUT2D eigenvalue weighted by Crippen LogP contribution is 2.53. The molecule has 0 radical (unpaired) electrons. The fraction of sp³-hybridized carbons (Fsp3) is 0.455. The van der Waals surface area contributed by atoms with Crippen LogP contribution in [-0.4, -0.2) is 59.7 Å². The number of fused-ring (bicyclic) bond motifs is 2. The third kappa shape index (κ3) is 6.15. The third-order valence-electron chi connectivity index (χ3n) is 8.54. The van der Waals surface area contributed by atoms with Crippen molar-refractivity contribution in [3.63, 3.8) is 0 Å². The molecule has 0 saturated carbocycles. The normalized spacial score (nSPS) is 17.1. The lowest BCUT2D eigenvalue weighted by Gasteiger charge is -2.41. The maximum absolute atomic E-state index is 14.3. The minimum Gasteiger partial charge on any atom is -0.506 e. The van der Waals surface area contributed by atoms with Crippen LogP contribution >= 0.6 is 0 Å². The smallest absolute Gasteiger partial charge is 0.194 e. The summed E-state index contributed by atoms with van der Waals surface area (Å²) in [5.41, 5.74) is 2.25. The van der Waals surface area contributed by atoms with Gasteiger partial charge in [0.1, 0.15) is 29.1 Å². The van der Waals surface area contributed by atoms with Gasteiger partial charge in [-0.05, 0) is 54.4 Å². The molecule has 0 amide bonds. The van der Waals surface area contributed by atoms with Crippen LogP contribution in [0.5, 0.6) is 23.0 Å². The van der Waals surface area contributed by atoms with Crippen molar-refractivity contribution in [2.45, 2.75) is 71.1 Å². The zero-order valence-electron chi connectivity index (χ0n) is 26.5. The van der Waals surface area contributed by atoms with E-state index in [0.717, 1.165) is 11.3 Å². The molecule has 0 saturated heterocycles. The molecule has 0 heterocycles. The van der Waals surface area contributed by atoms with Gasteiger partial charge in [-0.1, -0.05) is 32.9 Å². The molecular weight excluding hydrogens is 568 g/mol. The highest BCUT2D eigenvalue weighted by molar-refractivity contribution is 6.74. The van der Waals surface area contributed by atoms with E-state index in [1.807, 2.05) is 24.3 Å². The lowest BCUT2D eigenvalue weighted by Crippen LogP contribution is -2.47. The molecule has 0 unspecified atom stereocenters. The van der Waals surface area contributed by atoms with E-state index in [-0.39, 0.29) is 58.7 Å². The van der Waals surface area contributed by atoms with Gasteiger partial charge in [0.05, 0.1) is 43.4 Å². The summed E-state index contributed by atoms with van der Waals surface area (Å²) >= 11 is 0. The quantitative estimate of drug-likeness (QED) is 0.141. The van der Waals surface area contributed by atoms with E-state index >= 15 is 0 Å². The highest BCUT2D eigenvalue weighted by atomic mass is 28.4. The second-order valence-corrected chi connectivity index (χ2v) is 17.1. The van der Waals surface area contributed by atoms with Crippen LogP contribution in [0, 0.1) is 6.92 Å². The molecule has 3 aromatic rings. The fourth-order valence-electron chi connectivity index (χ4n) is 5.20. The number of methoxy groups -OCH3 is 3. The first-order valence-corrected chi connectivity index (χ1v) is 17.1. The topological polar surface area (TPSA) is 110 Å². The number of aryl methyl sites for hydroxylation is 1. The van der Waals surface area contributed by atoms with Crippen molar-refractivity contribution in [1.82, 2.24) is 0 Å². The van der Waals surface area contributed by atoms with Crippen molar-refractivity contribution in [2.75, 3.05) is 28.1 Å². The Kier molecular flexibility index (Phi) is 9.56. The first-order valence-electron chi connectivity index (χ1n) is 14.2. The van der Waals surface area contributed by atoms with Gasteiger partial charge in [0.25, 0.3) is 0 Å². The van der Waals surface area contributed by atoms with Crippen molar-refractivity contribution >= 4 is 31.2 Å².